The molecule has 3 heterocycles. The molecule has 0 saturated carbocycles. The second kappa shape index (κ2) is 8.96. The quantitative estimate of drug-likeness (QED) is 0.343. The maximum Gasteiger partial charge on any atom is 0.258 e. The van der Waals surface area contributed by atoms with E-state index < -0.39 is 17.7 Å². The van der Waals surface area contributed by atoms with Gasteiger partial charge in [0.2, 0.25) is 5.82 Å². The van der Waals surface area contributed by atoms with Crippen LogP contribution in [0.4, 0.5) is 14.5 Å². The smallest absolute Gasteiger partial charge is 0.258 e. The first-order chi connectivity index (χ1) is 16.5. The molecule has 4 aromatic rings. The lowest BCUT2D eigenvalue weighted by Crippen LogP contribution is -2.46. The number of thiophene rings is 1. The zero-order valence-electron chi connectivity index (χ0n) is 18.1. The van der Waals surface area contributed by atoms with Gasteiger partial charge in [-0.05, 0) is 60.4 Å². The number of nitrogens with one attached hydrogen (secondary N) is 1. The van der Waals surface area contributed by atoms with Gasteiger partial charge in [0.15, 0.2) is 16.7 Å². The van der Waals surface area contributed by atoms with Gasteiger partial charge < -0.3 is 14.6 Å². The third-order valence-electron chi connectivity index (χ3n) is 5.49. The predicted octanol–water partition coefficient (Wildman–Crippen LogP) is 5.95. The van der Waals surface area contributed by atoms with Crippen LogP contribution in [0, 0.1) is 11.6 Å². The molecule has 0 amide bonds. The zero-order valence-corrected chi connectivity index (χ0v) is 19.7. The molecule has 0 spiro atoms. The number of aromatic nitrogens is 2. The largest absolute Gasteiger partial charge is 0.497 e. The highest BCUT2D eigenvalue weighted by Crippen LogP contribution is 2.40. The maximum atomic E-state index is 14.0. The Morgan fingerprint density at radius 1 is 1.12 bits per heavy atom. The second-order valence-electron chi connectivity index (χ2n) is 7.49. The SMILES string of the molecule is COc1ccc(C2NC(=S)N(c3ccc(F)c(F)c3)C(C)=C2c2nc(-c3cccs3)no2)cc1. The van der Waals surface area contributed by atoms with Crippen LogP contribution in [0.3, 0.4) is 0 Å². The summed E-state index contributed by atoms with van der Waals surface area (Å²) in [4.78, 5) is 7.12. The van der Waals surface area contributed by atoms with Gasteiger partial charge in [0.1, 0.15) is 5.75 Å². The minimum absolute atomic E-state index is 0.296. The Labute approximate surface area is 203 Å². The van der Waals surface area contributed by atoms with E-state index in [1.54, 1.807) is 12.0 Å². The number of methoxy groups -OCH3 is 1. The van der Waals surface area contributed by atoms with Crippen molar-refractivity contribution < 1.29 is 18.0 Å². The first kappa shape index (κ1) is 22.2. The number of hydrogen-bond donors (Lipinski definition) is 1. The van der Waals surface area contributed by atoms with Crippen LogP contribution in [-0.2, 0) is 0 Å². The molecule has 172 valence electrons. The van der Waals surface area contributed by atoms with Crippen molar-refractivity contribution in [3.8, 4) is 16.5 Å². The summed E-state index contributed by atoms with van der Waals surface area (Å²) >= 11 is 7.14. The molecule has 10 heteroatoms. The molecule has 2 aromatic heterocycles. The van der Waals surface area contributed by atoms with Crippen LogP contribution < -0.4 is 15.0 Å². The molecule has 0 radical (unpaired) electrons. The zero-order chi connectivity index (χ0) is 23.8. The van der Waals surface area contributed by atoms with E-state index in [2.05, 4.69) is 15.5 Å². The summed E-state index contributed by atoms with van der Waals surface area (Å²) in [5, 5.41) is 9.70. The number of rotatable bonds is 5. The van der Waals surface area contributed by atoms with Crippen molar-refractivity contribution in [2.45, 2.75) is 13.0 Å². The van der Waals surface area contributed by atoms with Gasteiger partial charge in [-0.3, -0.25) is 4.90 Å². The van der Waals surface area contributed by atoms with Gasteiger partial charge in [0.05, 0.1) is 29.3 Å². The average Bonchev–Trinajstić information content (AvgIpc) is 3.53. The Morgan fingerprint density at radius 2 is 1.91 bits per heavy atom. The molecule has 2 aromatic carbocycles. The van der Waals surface area contributed by atoms with E-state index in [0.29, 0.717) is 39.5 Å². The fourth-order valence-corrected chi connectivity index (χ4v) is 4.85. The summed E-state index contributed by atoms with van der Waals surface area (Å²) in [6, 6.07) is 14.5. The number of benzene rings is 2. The molecule has 1 aliphatic rings. The van der Waals surface area contributed by atoms with Crippen molar-refractivity contribution in [1.82, 2.24) is 15.5 Å². The molecule has 1 aliphatic heterocycles. The van der Waals surface area contributed by atoms with Gasteiger partial charge in [-0.1, -0.05) is 23.4 Å². The Kier molecular flexibility index (Phi) is 5.84. The Balaban J connectivity index is 1.65. The molecule has 0 saturated heterocycles. The molecule has 1 unspecified atom stereocenters. The minimum atomic E-state index is -0.968. The summed E-state index contributed by atoms with van der Waals surface area (Å²) in [5.41, 5.74) is 2.58. The van der Waals surface area contributed by atoms with Gasteiger partial charge in [-0.25, -0.2) is 8.78 Å². The van der Waals surface area contributed by atoms with Crippen LogP contribution in [0.5, 0.6) is 5.75 Å². The van der Waals surface area contributed by atoms with Crippen molar-refractivity contribution in [3.63, 3.8) is 0 Å². The van der Waals surface area contributed by atoms with Gasteiger partial charge >= 0.3 is 0 Å². The normalized spacial score (nSPS) is 16.1. The van der Waals surface area contributed by atoms with Gasteiger partial charge in [0.25, 0.3) is 5.89 Å². The first-order valence-electron chi connectivity index (χ1n) is 10.2. The number of halogens is 2. The van der Waals surface area contributed by atoms with Crippen LogP contribution in [0.25, 0.3) is 16.3 Å². The highest BCUT2D eigenvalue weighted by atomic mass is 32.1. The Morgan fingerprint density at radius 3 is 2.59 bits per heavy atom. The van der Waals surface area contributed by atoms with E-state index in [1.165, 1.54) is 17.4 Å². The highest BCUT2D eigenvalue weighted by molar-refractivity contribution is 7.80. The molecule has 5 rings (SSSR count). The maximum absolute atomic E-state index is 14.0. The van der Waals surface area contributed by atoms with Crippen molar-refractivity contribution in [2.24, 2.45) is 0 Å². The standard InChI is InChI=1S/C24H18F2N4O2S2/c1-13-20(23-28-22(29-32-23)19-4-3-11-34-19)21(14-5-8-16(31-2)9-6-14)27-24(33)30(13)15-7-10-17(25)18(26)12-15/h3-12,21H,1-2H3,(H,27,33). The number of allylic oxidation sites excluding steroid dienone is 1. The van der Waals surface area contributed by atoms with Crippen LogP contribution >= 0.6 is 23.6 Å². The molecular weight excluding hydrogens is 478 g/mol. The lowest BCUT2D eigenvalue weighted by Gasteiger charge is -2.37. The summed E-state index contributed by atoms with van der Waals surface area (Å²) in [6.45, 7) is 1.83. The highest BCUT2D eigenvalue weighted by Gasteiger charge is 2.35. The lowest BCUT2D eigenvalue weighted by atomic mass is 9.94. The molecule has 34 heavy (non-hydrogen) atoms. The predicted molar refractivity (Wildman–Crippen MR) is 131 cm³/mol. The van der Waals surface area contributed by atoms with E-state index in [4.69, 9.17) is 21.5 Å². The Bertz CT molecular complexity index is 1380. The fraction of sp³-hybridized carbons (Fsp3) is 0.125. The van der Waals surface area contributed by atoms with Gasteiger partial charge in [-0.15, -0.1) is 11.3 Å². The number of ether oxygens (including phenoxy) is 1. The molecule has 1 atom stereocenters. The molecule has 0 fully saturated rings. The minimum Gasteiger partial charge on any atom is -0.497 e. The number of nitrogens with zero attached hydrogens (tertiary/aromatic N) is 3. The van der Waals surface area contributed by atoms with Crippen LogP contribution in [0.2, 0.25) is 0 Å². The third-order valence-corrected chi connectivity index (χ3v) is 6.66. The van der Waals surface area contributed by atoms with Crippen molar-refractivity contribution in [1.29, 1.82) is 0 Å². The first-order valence-corrected chi connectivity index (χ1v) is 11.5. The van der Waals surface area contributed by atoms with Gasteiger partial charge in [-0.2, -0.15) is 4.98 Å². The second-order valence-corrected chi connectivity index (χ2v) is 8.82. The summed E-state index contributed by atoms with van der Waals surface area (Å²) in [7, 11) is 1.60. The van der Waals surface area contributed by atoms with Crippen LogP contribution in [0.1, 0.15) is 24.4 Å². The van der Waals surface area contributed by atoms with Crippen molar-refractivity contribution >= 4 is 39.9 Å². The number of thiocarbonyl (C=S) groups is 1. The third kappa shape index (κ3) is 3.95. The summed E-state index contributed by atoms with van der Waals surface area (Å²) in [6.07, 6.45) is 0. The monoisotopic (exact) mass is 496 g/mol. The molecule has 0 bridgehead atoms. The Hall–Kier alpha value is -3.63. The van der Waals surface area contributed by atoms with Crippen LogP contribution in [-0.4, -0.2) is 22.4 Å². The van der Waals surface area contributed by atoms with E-state index in [-0.39, 0.29) is 0 Å². The molecular formula is C24H18F2N4O2S2. The summed E-state index contributed by atoms with van der Waals surface area (Å²) < 4.78 is 38.6. The van der Waals surface area contributed by atoms with Crippen LogP contribution in [0.15, 0.2) is 70.2 Å². The molecule has 1 N–H and O–H groups in total. The number of hydrogen-bond acceptors (Lipinski definition) is 6. The van der Waals surface area contributed by atoms with Gasteiger partial charge in [0, 0.05) is 11.8 Å². The average molecular weight is 497 g/mol. The fourth-order valence-electron chi connectivity index (χ4n) is 3.84. The summed E-state index contributed by atoms with van der Waals surface area (Å²) in [5.74, 6) is -0.430. The van der Waals surface area contributed by atoms with Crippen molar-refractivity contribution in [3.05, 3.63) is 88.8 Å². The topological polar surface area (TPSA) is 63.4 Å². The molecule has 6 nitrogen and oxygen atoms in total. The number of anilines is 1. The van der Waals surface area contributed by atoms with E-state index >= 15 is 0 Å². The van der Waals surface area contributed by atoms with E-state index in [9.17, 15) is 8.78 Å². The van der Waals surface area contributed by atoms with Crippen molar-refractivity contribution in [2.75, 3.05) is 12.0 Å². The van der Waals surface area contributed by atoms with E-state index in [1.807, 2.05) is 48.7 Å². The van der Waals surface area contributed by atoms with E-state index in [0.717, 1.165) is 22.6 Å². The lowest BCUT2D eigenvalue weighted by molar-refractivity contribution is 0.404. The molecule has 0 aliphatic carbocycles.